The van der Waals surface area contributed by atoms with Gasteiger partial charge in [-0.1, -0.05) is 33.6 Å². The van der Waals surface area contributed by atoms with Crippen LogP contribution in [0.25, 0.3) is 0 Å². The summed E-state index contributed by atoms with van der Waals surface area (Å²) in [6, 6.07) is 9.66. The predicted octanol–water partition coefficient (Wildman–Crippen LogP) is 5.05. The molecule has 0 aliphatic heterocycles. The maximum atomic E-state index is 13.7. The molecule has 0 aliphatic rings. The fourth-order valence-corrected chi connectivity index (χ4v) is 2.12. The van der Waals surface area contributed by atoms with E-state index < -0.39 is 5.82 Å². The zero-order valence-electron chi connectivity index (χ0n) is 10.2. The van der Waals surface area contributed by atoms with Crippen LogP contribution in [0.2, 0.25) is 5.02 Å². The molecule has 2 rings (SSSR count). The van der Waals surface area contributed by atoms with Gasteiger partial charge in [-0.15, -0.1) is 0 Å². The Hall–Kier alpha value is -1.10. The molecule has 0 aliphatic carbocycles. The predicted molar refractivity (Wildman–Crippen MR) is 78.2 cm³/mol. The molecule has 0 amide bonds. The topological polar surface area (TPSA) is 35.2 Å². The van der Waals surface area contributed by atoms with Gasteiger partial charge in [0.15, 0.2) is 11.6 Å². The van der Waals surface area contributed by atoms with Gasteiger partial charge in [0.2, 0.25) is 0 Å². The fourth-order valence-electron chi connectivity index (χ4n) is 1.56. The lowest BCUT2D eigenvalue weighted by molar-refractivity contribution is 0.442. The molecule has 0 saturated heterocycles. The van der Waals surface area contributed by atoms with E-state index in [1.54, 1.807) is 18.2 Å². The van der Waals surface area contributed by atoms with Crippen molar-refractivity contribution in [2.24, 2.45) is 5.73 Å². The largest absolute Gasteiger partial charge is 0.453 e. The second-order valence-corrected chi connectivity index (χ2v) is 5.48. The van der Waals surface area contributed by atoms with E-state index in [1.165, 1.54) is 12.1 Å². The number of ether oxygens (including phenoxy) is 1. The maximum Gasteiger partial charge on any atom is 0.166 e. The number of halogens is 3. The van der Waals surface area contributed by atoms with Crippen LogP contribution < -0.4 is 10.5 Å². The van der Waals surface area contributed by atoms with Gasteiger partial charge >= 0.3 is 0 Å². The Bertz CT molecular complexity index is 604. The summed E-state index contributed by atoms with van der Waals surface area (Å²) in [4.78, 5) is 0. The number of benzene rings is 2. The molecule has 0 heterocycles. The highest BCUT2D eigenvalue weighted by Gasteiger charge is 2.10. The van der Waals surface area contributed by atoms with E-state index >= 15 is 0 Å². The average molecular weight is 345 g/mol. The number of hydrogen-bond donors (Lipinski definition) is 1. The van der Waals surface area contributed by atoms with Crippen LogP contribution in [-0.2, 0) is 0 Å². The van der Waals surface area contributed by atoms with Gasteiger partial charge in [0, 0.05) is 10.5 Å². The van der Waals surface area contributed by atoms with Gasteiger partial charge in [-0.05, 0) is 42.8 Å². The summed E-state index contributed by atoms with van der Waals surface area (Å²) in [5.74, 6) is 0.0626. The summed E-state index contributed by atoms with van der Waals surface area (Å²) in [6.07, 6.45) is 0. The minimum absolute atomic E-state index is 0.115. The lowest BCUT2D eigenvalue weighted by Crippen LogP contribution is -2.04. The van der Waals surface area contributed by atoms with Crippen molar-refractivity contribution in [2.75, 3.05) is 0 Å². The SMILES string of the molecule is C[C@@H](N)c1ccc(Oc2ccc(Br)cc2F)c(Cl)c1. The maximum absolute atomic E-state index is 13.7. The molecular weight excluding hydrogens is 333 g/mol. The number of hydrogen-bond acceptors (Lipinski definition) is 2. The summed E-state index contributed by atoms with van der Waals surface area (Å²) in [6.45, 7) is 1.86. The molecule has 0 unspecified atom stereocenters. The second-order valence-electron chi connectivity index (χ2n) is 4.16. The molecular formula is C14H12BrClFNO. The van der Waals surface area contributed by atoms with E-state index in [-0.39, 0.29) is 11.8 Å². The van der Waals surface area contributed by atoms with E-state index in [2.05, 4.69) is 15.9 Å². The molecule has 0 saturated carbocycles. The highest BCUT2D eigenvalue weighted by Crippen LogP contribution is 2.33. The molecule has 2 nitrogen and oxygen atoms in total. The highest BCUT2D eigenvalue weighted by molar-refractivity contribution is 9.10. The zero-order valence-corrected chi connectivity index (χ0v) is 12.5. The van der Waals surface area contributed by atoms with Crippen LogP contribution in [0.15, 0.2) is 40.9 Å². The Morgan fingerprint density at radius 3 is 2.47 bits per heavy atom. The van der Waals surface area contributed by atoms with Crippen molar-refractivity contribution in [1.29, 1.82) is 0 Å². The van der Waals surface area contributed by atoms with Gasteiger partial charge in [0.25, 0.3) is 0 Å². The molecule has 2 aromatic rings. The van der Waals surface area contributed by atoms with Crippen molar-refractivity contribution < 1.29 is 9.13 Å². The van der Waals surface area contributed by atoms with Gasteiger partial charge in [0.05, 0.1) is 5.02 Å². The third kappa shape index (κ3) is 3.47. The standard InChI is InChI=1S/C14H12BrClFNO/c1-8(18)9-2-4-13(11(16)6-9)19-14-5-3-10(15)7-12(14)17/h2-8H,18H2,1H3/t8-/m1/s1. The smallest absolute Gasteiger partial charge is 0.166 e. The van der Waals surface area contributed by atoms with Crippen LogP contribution in [0, 0.1) is 5.82 Å². The van der Waals surface area contributed by atoms with Crippen molar-refractivity contribution in [3.63, 3.8) is 0 Å². The number of nitrogens with two attached hydrogens (primary N) is 1. The first-order chi connectivity index (χ1) is 8.97. The Kier molecular flexibility index (Phi) is 4.45. The third-order valence-electron chi connectivity index (χ3n) is 2.60. The quantitative estimate of drug-likeness (QED) is 0.845. The molecule has 2 aromatic carbocycles. The van der Waals surface area contributed by atoms with Crippen LogP contribution in [0.5, 0.6) is 11.5 Å². The first-order valence-corrected chi connectivity index (χ1v) is 6.82. The van der Waals surface area contributed by atoms with Gasteiger partial charge in [0.1, 0.15) is 5.75 Å². The molecule has 0 radical (unpaired) electrons. The summed E-state index contributed by atoms with van der Waals surface area (Å²) < 4.78 is 19.8. The van der Waals surface area contributed by atoms with Gasteiger partial charge in [-0.3, -0.25) is 0 Å². The van der Waals surface area contributed by atoms with E-state index in [9.17, 15) is 4.39 Å². The lowest BCUT2D eigenvalue weighted by atomic mass is 10.1. The lowest BCUT2D eigenvalue weighted by Gasteiger charge is -2.11. The first-order valence-electron chi connectivity index (χ1n) is 5.65. The van der Waals surface area contributed by atoms with Gasteiger partial charge < -0.3 is 10.5 Å². The summed E-state index contributed by atoms with van der Waals surface area (Å²) in [5, 5.41) is 0.400. The zero-order chi connectivity index (χ0) is 14.0. The molecule has 5 heteroatoms. The van der Waals surface area contributed by atoms with Gasteiger partial charge in [-0.2, -0.15) is 0 Å². The Morgan fingerprint density at radius 2 is 1.89 bits per heavy atom. The monoisotopic (exact) mass is 343 g/mol. The second kappa shape index (κ2) is 5.90. The van der Waals surface area contributed by atoms with E-state index in [1.807, 2.05) is 13.0 Å². The summed E-state index contributed by atoms with van der Waals surface area (Å²) in [5.41, 5.74) is 6.66. The van der Waals surface area contributed by atoms with Crippen molar-refractivity contribution in [3.8, 4) is 11.5 Å². The Morgan fingerprint density at radius 1 is 1.21 bits per heavy atom. The molecule has 1 atom stereocenters. The summed E-state index contributed by atoms with van der Waals surface area (Å²) >= 11 is 9.28. The molecule has 19 heavy (non-hydrogen) atoms. The molecule has 0 fully saturated rings. The van der Waals surface area contributed by atoms with Crippen LogP contribution >= 0.6 is 27.5 Å². The molecule has 0 spiro atoms. The fraction of sp³-hybridized carbons (Fsp3) is 0.143. The molecule has 2 N–H and O–H groups in total. The van der Waals surface area contributed by atoms with Gasteiger partial charge in [-0.25, -0.2) is 4.39 Å². The average Bonchev–Trinajstić information content (AvgIpc) is 2.34. The van der Waals surface area contributed by atoms with E-state index in [4.69, 9.17) is 22.1 Å². The van der Waals surface area contributed by atoms with E-state index in [0.29, 0.717) is 15.2 Å². The van der Waals surface area contributed by atoms with E-state index in [0.717, 1.165) is 5.56 Å². The first kappa shape index (κ1) is 14.3. The Labute approximate surface area is 124 Å². The summed E-state index contributed by atoms with van der Waals surface area (Å²) in [7, 11) is 0. The van der Waals surface area contributed by atoms with Crippen LogP contribution in [-0.4, -0.2) is 0 Å². The third-order valence-corrected chi connectivity index (χ3v) is 3.38. The minimum atomic E-state index is -0.457. The Balaban J connectivity index is 2.28. The molecule has 100 valence electrons. The van der Waals surface area contributed by atoms with Crippen LogP contribution in [0.3, 0.4) is 0 Å². The minimum Gasteiger partial charge on any atom is -0.453 e. The van der Waals surface area contributed by atoms with Crippen molar-refractivity contribution in [2.45, 2.75) is 13.0 Å². The van der Waals surface area contributed by atoms with Crippen LogP contribution in [0.1, 0.15) is 18.5 Å². The normalized spacial score (nSPS) is 12.3. The number of rotatable bonds is 3. The van der Waals surface area contributed by atoms with Crippen molar-refractivity contribution >= 4 is 27.5 Å². The van der Waals surface area contributed by atoms with Crippen LogP contribution in [0.4, 0.5) is 4.39 Å². The highest BCUT2D eigenvalue weighted by atomic mass is 79.9. The van der Waals surface area contributed by atoms with Crippen molar-refractivity contribution in [3.05, 3.63) is 57.3 Å². The molecule has 0 aromatic heterocycles. The molecule has 0 bridgehead atoms. The van der Waals surface area contributed by atoms with Crippen molar-refractivity contribution in [1.82, 2.24) is 0 Å².